The highest BCUT2D eigenvalue weighted by Crippen LogP contribution is 2.28. The number of allylic oxidation sites excluding steroid dienone is 2. The molecule has 0 fully saturated rings. The van der Waals surface area contributed by atoms with Gasteiger partial charge in [0.25, 0.3) is 0 Å². The molecule has 2 heteroatoms. The summed E-state index contributed by atoms with van der Waals surface area (Å²) in [6.45, 7) is 2.17. The molecule has 0 saturated heterocycles. The van der Waals surface area contributed by atoms with E-state index in [0.717, 1.165) is 17.9 Å². The molecule has 9 heavy (non-hydrogen) atoms. The van der Waals surface area contributed by atoms with Crippen molar-refractivity contribution in [2.24, 2.45) is 5.92 Å². The molecule has 0 aliphatic heterocycles. The molecule has 52 valence electrons. The van der Waals surface area contributed by atoms with Gasteiger partial charge in [-0.25, -0.2) is 0 Å². The van der Waals surface area contributed by atoms with Crippen LogP contribution in [0.2, 0.25) is 0 Å². The van der Waals surface area contributed by atoms with E-state index in [4.69, 9.17) is 23.2 Å². The van der Waals surface area contributed by atoms with Gasteiger partial charge in [0.05, 0.1) is 5.38 Å². The topological polar surface area (TPSA) is 0 Å². The fraction of sp³-hybridized carbons (Fsp3) is 0.714. The summed E-state index contributed by atoms with van der Waals surface area (Å²) >= 11 is 11.6. The molecule has 2 atom stereocenters. The lowest BCUT2D eigenvalue weighted by Crippen LogP contribution is -2.09. The Kier molecular flexibility index (Phi) is 2.42. The van der Waals surface area contributed by atoms with Gasteiger partial charge in [0.1, 0.15) is 0 Å². The number of alkyl halides is 1. The highest BCUT2D eigenvalue weighted by molar-refractivity contribution is 6.31. The normalized spacial score (nSPS) is 36.1. The minimum atomic E-state index is 0.168. The maximum atomic E-state index is 5.85. The summed E-state index contributed by atoms with van der Waals surface area (Å²) in [6.07, 6.45) is 4.01. The van der Waals surface area contributed by atoms with Gasteiger partial charge >= 0.3 is 0 Å². The number of hydrogen-bond acceptors (Lipinski definition) is 0. The van der Waals surface area contributed by atoms with Crippen molar-refractivity contribution < 1.29 is 0 Å². The van der Waals surface area contributed by atoms with Gasteiger partial charge in [0.15, 0.2) is 0 Å². The summed E-state index contributed by atoms with van der Waals surface area (Å²) in [5.41, 5.74) is 0. The Morgan fingerprint density at radius 2 is 2.33 bits per heavy atom. The summed E-state index contributed by atoms with van der Waals surface area (Å²) in [6, 6.07) is 0. The number of rotatable bonds is 0. The van der Waals surface area contributed by atoms with Crippen LogP contribution in [0.5, 0.6) is 0 Å². The molecule has 1 rings (SSSR count). The van der Waals surface area contributed by atoms with Gasteiger partial charge in [0.2, 0.25) is 0 Å². The zero-order chi connectivity index (χ0) is 6.85. The fourth-order valence-corrected chi connectivity index (χ4v) is 2.07. The molecule has 0 bridgehead atoms. The summed E-state index contributed by atoms with van der Waals surface area (Å²) in [4.78, 5) is 0. The number of halogens is 2. The van der Waals surface area contributed by atoms with E-state index >= 15 is 0 Å². The van der Waals surface area contributed by atoms with Crippen molar-refractivity contribution in [3.05, 3.63) is 11.1 Å². The Morgan fingerprint density at radius 3 is 2.78 bits per heavy atom. The molecule has 0 aromatic heterocycles. The van der Waals surface area contributed by atoms with Crippen molar-refractivity contribution in [2.75, 3.05) is 0 Å². The highest BCUT2D eigenvalue weighted by atomic mass is 35.5. The number of hydrogen-bond donors (Lipinski definition) is 0. The van der Waals surface area contributed by atoms with Gasteiger partial charge in [-0.15, -0.1) is 11.6 Å². The largest absolute Gasteiger partial charge is 0.118 e. The Bertz CT molecular complexity index is 129. The smallest absolute Gasteiger partial charge is 0.0532 e. The van der Waals surface area contributed by atoms with Crippen LogP contribution in [0.25, 0.3) is 0 Å². The van der Waals surface area contributed by atoms with E-state index < -0.39 is 0 Å². The molecule has 0 spiro atoms. The van der Waals surface area contributed by atoms with E-state index in [9.17, 15) is 0 Å². The van der Waals surface area contributed by atoms with E-state index in [1.165, 1.54) is 0 Å². The predicted octanol–water partition coefficient (Wildman–Crippen LogP) is 3.15. The Balaban J connectivity index is 2.56. The molecule has 1 unspecified atom stereocenters. The fourth-order valence-electron chi connectivity index (χ4n) is 1.13. The van der Waals surface area contributed by atoms with Crippen molar-refractivity contribution in [1.82, 2.24) is 0 Å². The van der Waals surface area contributed by atoms with Gasteiger partial charge in [-0.3, -0.25) is 0 Å². The monoisotopic (exact) mass is 164 g/mol. The molecule has 0 radical (unpaired) electrons. The zero-order valence-electron chi connectivity index (χ0n) is 5.40. The molecule has 1 aliphatic carbocycles. The van der Waals surface area contributed by atoms with Crippen LogP contribution in [0.3, 0.4) is 0 Å². The Morgan fingerprint density at radius 1 is 1.67 bits per heavy atom. The maximum absolute atomic E-state index is 5.85. The van der Waals surface area contributed by atoms with Crippen molar-refractivity contribution >= 4 is 23.2 Å². The third kappa shape index (κ3) is 2.19. The molecule has 0 nitrogen and oxygen atoms in total. The van der Waals surface area contributed by atoms with E-state index in [2.05, 4.69) is 6.92 Å². The van der Waals surface area contributed by atoms with Crippen molar-refractivity contribution in [3.63, 3.8) is 0 Å². The first-order valence-electron chi connectivity index (χ1n) is 3.18. The Hall–Kier alpha value is 0.320. The molecule has 0 N–H and O–H groups in total. The van der Waals surface area contributed by atoms with E-state index in [-0.39, 0.29) is 5.38 Å². The van der Waals surface area contributed by atoms with Gasteiger partial charge in [-0.1, -0.05) is 24.6 Å². The molecule has 0 aromatic carbocycles. The van der Waals surface area contributed by atoms with Crippen LogP contribution in [0, 0.1) is 5.92 Å². The summed E-state index contributed by atoms with van der Waals surface area (Å²) in [7, 11) is 0. The minimum Gasteiger partial charge on any atom is -0.118 e. The average molecular weight is 165 g/mol. The van der Waals surface area contributed by atoms with Crippen molar-refractivity contribution in [2.45, 2.75) is 25.1 Å². The van der Waals surface area contributed by atoms with Gasteiger partial charge in [0, 0.05) is 5.03 Å². The maximum Gasteiger partial charge on any atom is 0.0532 e. The highest BCUT2D eigenvalue weighted by Gasteiger charge is 2.15. The SMILES string of the molecule is CC1CC(Cl)=C[C@@H](Cl)C1. The lowest BCUT2D eigenvalue weighted by Gasteiger charge is -2.18. The molecule has 0 aromatic rings. The summed E-state index contributed by atoms with van der Waals surface area (Å²) in [5.74, 6) is 0.657. The lowest BCUT2D eigenvalue weighted by atomic mass is 9.96. The summed E-state index contributed by atoms with van der Waals surface area (Å²) < 4.78 is 0. The first kappa shape index (κ1) is 7.43. The van der Waals surface area contributed by atoms with Crippen LogP contribution in [0.4, 0.5) is 0 Å². The zero-order valence-corrected chi connectivity index (χ0v) is 6.91. The van der Waals surface area contributed by atoms with Gasteiger partial charge in [-0.05, 0) is 18.8 Å². The molecule has 1 aliphatic rings. The third-order valence-corrected chi connectivity index (χ3v) is 2.12. The van der Waals surface area contributed by atoms with E-state index in [0.29, 0.717) is 5.92 Å². The van der Waals surface area contributed by atoms with Crippen LogP contribution in [0.15, 0.2) is 11.1 Å². The van der Waals surface area contributed by atoms with Crippen LogP contribution in [-0.2, 0) is 0 Å². The lowest BCUT2D eigenvalue weighted by molar-refractivity contribution is 0.525. The van der Waals surface area contributed by atoms with Crippen LogP contribution in [-0.4, -0.2) is 5.38 Å². The standard InChI is InChI=1S/C7H10Cl2/c1-5-2-6(8)4-7(9)3-5/h4-6H,2-3H2,1H3/t5?,6-/m0/s1. The van der Waals surface area contributed by atoms with E-state index in [1.54, 1.807) is 0 Å². The quantitative estimate of drug-likeness (QED) is 0.483. The molecule has 0 heterocycles. The second kappa shape index (κ2) is 2.94. The van der Waals surface area contributed by atoms with Crippen molar-refractivity contribution in [1.29, 1.82) is 0 Å². The molecular weight excluding hydrogens is 155 g/mol. The predicted molar refractivity (Wildman–Crippen MR) is 42.0 cm³/mol. The molecular formula is C7H10Cl2. The first-order chi connectivity index (χ1) is 4.18. The minimum absolute atomic E-state index is 0.168. The van der Waals surface area contributed by atoms with Crippen LogP contribution < -0.4 is 0 Å². The first-order valence-corrected chi connectivity index (χ1v) is 4.00. The summed E-state index contributed by atoms with van der Waals surface area (Å²) in [5, 5.41) is 1.09. The van der Waals surface area contributed by atoms with E-state index in [1.807, 2.05) is 6.08 Å². The van der Waals surface area contributed by atoms with Gasteiger partial charge in [-0.2, -0.15) is 0 Å². The van der Waals surface area contributed by atoms with Gasteiger partial charge < -0.3 is 0 Å². The second-order valence-corrected chi connectivity index (χ2v) is 3.72. The second-order valence-electron chi connectivity index (χ2n) is 2.67. The third-order valence-electron chi connectivity index (χ3n) is 1.53. The van der Waals surface area contributed by atoms with Crippen LogP contribution in [0.1, 0.15) is 19.8 Å². The molecule has 0 amide bonds. The average Bonchev–Trinajstić information content (AvgIpc) is 1.59. The van der Waals surface area contributed by atoms with Crippen LogP contribution >= 0.6 is 23.2 Å². The molecule has 0 saturated carbocycles. The Labute approximate surface area is 65.8 Å². The van der Waals surface area contributed by atoms with Crippen molar-refractivity contribution in [3.8, 4) is 0 Å².